The van der Waals surface area contributed by atoms with Gasteiger partial charge in [0, 0.05) is 25.2 Å². The number of rotatable bonds is 8. The molecule has 11 nitrogen and oxygen atoms in total. The zero-order valence-electron chi connectivity index (χ0n) is 20.9. The van der Waals surface area contributed by atoms with Gasteiger partial charge in [-0.25, -0.2) is 18.1 Å². The van der Waals surface area contributed by atoms with Crippen molar-refractivity contribution >= 4 is 27.0 Å². The van der Waals surface area contributed by atoms with E-state index in [2.05, 4.69) is 15.4 Å². The summed E-state index contributed by atoms with van der Waals surface area (Å²) in [5, 5.41) is 7.49. The Morgan fingerprint density at radius 3 is 2.55 bits per heavy atom. The summed E-state index contributed by atoms with van der Waals surface area (Å²) >= 11 is 0. The van der Waals surface area contributed by atoms with Crippen molar-refractivity contribution in [3.05, 3.63) is 88.1 Å². The van der Waals surface area contributed by atoms with Gasteiger partial charge in [0.2, 0.25) is 10.0 Å². The van der Waals surface area contributed by atoms with Gasteiger partial charge in [-0.3, -0.25) is 14.2 Å². The number of hydrogen-bond donors (Lipinski definition) is 1. The van der Waals surface area contributed by atoms with Crippen molar-refractivity contribution in [2.24, 2.45) is 0 Å². The summed E-state index contributed by atoms with van der Waals surface area (Å²) < 4.78 is 35.3. The molecule has 2 aromatic heterocycles. The third-order valence-corrected chi connectivity index (χ3v) is 8.47. The molecule has 38 heavy (non-hydrogen) atoms. The van der Waals surface area contributed by atoms with E-state index in [-0.39, 0.29) is 22.9 Å². The van der Waals surface area contributed by atoms with Crippen LogP contribution in [-0.2, 0) is 27.8 Å². The SMILES string of the molecule is Cc1ccccc1Cn1cnc2c(cnn2CCNC(=O)c2ccc(S(=O)(=O)N3CCOCC3)cc2)c1=O. The number of nitrogens with zero attached hydrogens (tertiary/aromatic N) is 5. The van der Waals surface area contributed by atoms with Gasteiger partial charge in [-0.15, -0.1) is 0 Å². The molecule has 4 aromatic rings. The van der Waals surface area contributed by atoms with Crippen LogP contribution in [0.5, 0.6) is 0 Å². The maximum absolute atomic E-state index is 13.0. The molecule has 5 rings (SSSR count). The largest absolute Gasteiger partial charge is 0.379 e. The van der Waals surface area contributed by atoms with Crippen LogP contribution in [0.3, 0.4) is 0 Å². The average molecular weight is 537 g/mol. The van der Waals surface area contributed by atoms with Crippen molar-refractivity contribution in [2.75, 3.05) is 32.8 Å². The van der Waals surface area contributed by atoms with E-state index in [4.69, 9.17) is 4.74 Å². The molecule has 1 N–H and O–H groups in total. The minimum atomic E-state index is -3.62. The van der Waals surface area contributed by atoms with Gasteiger partial charge in [0.1, 0.15) is 11.7 Å². The first-order chi connectivity index (χ1) is 18.3. The van der Waals surface area contributed by atoms with E-state index in [1.165, 1.54) is 41.1 Å². The summed E-state index contributed by atoms with van der Waals surface area (Å²) in [6.45, 7) is 4.33. The van der Waals surface area contributed by atoms with Crippen LogP contribution in [0.15, 0.2) is 70.7 Å². The number of ether oxygens (including phenoxy) is 1. The van der Waals surface area contributed by atoms with Crippen LogP contribution in [0, 0.1) is 6.92 Å². The number of fused-ring (bicyclic) bond motifs is 1. The third-order valence-electron chi connectivity index (χ3n) is 6.56. The molecule has 0 saturated carbocycles. The van der Waals surface area contributed by atoms with Gasteiger partial charge in [-0.2, -0.15) is 9.40 Å². The monoisotopic (exact) mass is 536 g/mol. The van der Waals surface area contributed by atoms with Crippen LogP contribution < -0.4 is 10.9 Å². The number of nitrogens with one attached hydrogen (secondary N) is 1. The summed E-state index contributed by atoms with van der Waals surface area (Å²) in [5.74, 6) is -0.342. The Kier molecular flexibility index (Phi) is 7.36. The van der Waals surface area contributed by atoms with Crippen LogP contribution in [-0.4, -0.2) is 70.8 Å². The number of carbonyl (C=O) groups is 1. The zero-order valence-corrected chi connectivity index (χ0v) is 21.7. The van der Waals surface area contributed by atoms with E-state index in [1.807, 2.05) is 31.2 Å². The third kappa shape index (κ3) is 5.23. The molecule has 3 heterocycles. The Labute approximate surface area is 219 Å². The number of benzene rings is 2. The highest BCUT2D eigenvalue weighted by atomic mass is 32.2. The Morgan fingerprint density at radius 1 is 1.08 bits per heavy atom. The quantitative estimate of drug-likeness (QED) is 0.360. The molecule has 2 aromatic carbocycles. The Hall–Kier alpha value is -3.87. The van der Waals surface area contributed by atoms with Crippen LogP contribution in [0.1, 0.15) is 21.5 Å². The average Bonchev–Trinajstić information content (AvgIpc) is 3.35. The first kappa shape index (κ1) is 25.8. The van der Waals surface area contributed by atoms with Crippen LogP contribution >= 0.6 is 0 Å². The first-order valence-electron chi connectivity index (χ1n) is 12.3. The second kappa shape index (κ2) is 10.9. The molecular formula is C26H28N6O5S. The van der Waals surface area contributed by atoms with E-state index in [0.29, 0.717) is 56.0 Å². The van der Waals surface area contributed by atoms with Crippen molar-refractivity contribution in [2.45, 2.75) is 24.9 Å². The number of aryl methyl sites for hydroxylation is 1. The van der Waals surface area contributed by atoms with Crippen molar-refractivity contribution in [1.29, 1.82) is 0 Å². The first-order valence-corrected chi connectivity index (χ1v) is 13.7. The van der Waals surface area contributed by atoms with Gasteiger partial charge < -0.3 is 10.1 Å². The fraction of sp³-hybridized carbons (Fsp3) is 0.308. The van der Waals surface area contributed by atoms with Gasteiger partial charge in [0.05, 0.1) is 37.4 Å². The molecule has 0 radical (unpaired) electrons. The number of aromatic nitrogens is 4. The van der Waals surface area contributed by atoms with E-state index in [0.717, 1.165) is 11.1 Å². The maximum atomic E-state index is 13.0. The number of amides is 1. The van der Waals surface area contributed by atoms with Crippen LogP contribution in [0.4, 0.5) is 0 Å². The smallest absolute Gasteiger partial charge is 0.264 e. The summed E-state index contributed by atoms with van der Waals surface area (Å²) in [7, 11) is -3.62. The topological polar surface area (TPSA) is 128 Å². The van der Waals surface area contributed by atoms with Crippen molar-refractivity contribution in [3.8, 4) is 0 Å². The van der Waals surface area contributed by atoms with Crippen molar-refractivity contribution in [1.82, 2.24) is 29.0 Å². The van der Waals surface area contributed by atoms with Crippen LogP contribution in [0.2, 0.25) is 0 Å². The second-order valence-electron chi connectivity index (χ2n) is 9.01. The molecule has 1 fully saturated rings. The number of morpholine rings is 1. The minimum Gasteiger partial charge on any atom is -0.379 e. The van der Waals surface area contributed by atoms with Gasteiger partial charge >= 0.3 is 0 Å². The molecule has 1 amide bonds. The standard InChI is InChI=1S/C26H28N6O5S/c1-19-4-2-3-5-21(19)17-30-18-28-24-23(26(30)34)16-29-32(24)11-10-27-25(33)20-6-8-22(9-7-20)38(35,36)31-12-14-37-15-13-31/h2-9,16,18H,10-15,17H2,1H3,(H,27,33). The molecular weight excluding hydrogens is 508 g/mol. The molecule has 0 unspecified atom stereocenters. The lowest BCUT2D eigenvalue weighted by atomic mass is 10.1. The lowest BCUT2D eigenvalue weighted by Crippen LogP contribution is -2.40. The zero-order chi connectivity index (χ0) is 26.7. The van der Waals surface area contributed by atoms with Crippen LogP contribution in [0.25, 0.3) is 11.0 Å². The molecule has 1 aliphatic rings. The highest BCUT2D eigenvalue weighted by Gasteiger charge is 2.26. The Morgan fingerprint density at radius 2 is 1.82 bits per heavy atom. The van der Waals surface area contributed by atoms with E-state index in [9.17, 15) is 18.0 Å². The normalized spacial score (nSPS) is 14.6. The Bertz CT molecular complexity index is 1620. The van der Waals surface area contributed by atoms with Gasteiger partial charge in [-0.05, 0) is 42.3 Å². The Balaban J connectivity index is 1.21. The fourth-order valence-electron chi connectivity index (χ4n) is 4.34. The number of sulfonamides is 1. The molecule has 12 heteroatoms. The lowest BCUT2D eigenvalue weighted by molar-refractivity contribution is 0.0730. The second-order valence-corrected chi connectivity index (χ2v) is 10.9. The van der Waals surface area contributed by atoms with Crippen molar-refractivity contribution in [3.63, 3.8) is 0 Å². The lowest BCUT2D eigenvalue weighted by Gasteiger charge is -2.26. The fourth-order valence-corrected chi connectivity index (χ4v) is 5.74. The predicted octanol–water partition coefficient (Wildman–Crippen LogP) is 1.40. The van der Waals surface area contributed by atoms with Gasteiger partial charge in [-0.1, -0.05) is 24.3 Å². The van der Waals surface area contributed by atoms with E-state index < -0.39 is 10.0 Å². The molecule has 0 atom stereocenters. The molecule has 0 aliphatic carbocycles. The summed E-state index contributed by atoms with van der Waals surface area (Å²) in [4.78, 5) is 30.2. The highest BCUT2D eigenvalue weighted by molar-refractivity contribution is 7.89. The molecule has 0 spiro atoms. The molecule has 198 valence electrons. The number of carbonyl (C=O) groups excluding carboxylic acids is 1. The summed E-state index contributed by atoms with van der Waals surface area (Å²) in [5.41, 5.74) is 2.74. The highest BCUT2D eigenvalue weighted by Crippen LogP contribution is 2.18. The minimum absolute atomic E-state index is 0.137. The molecule has 1 aliphatic heterocycles. The number of hydrogen-bond acceptors (Lipinski definition) is 7. The van der Waals surface area contributed by atoms with Gasteiger partial charge in [0.15, 0.2) is 5.65 Å². The van der Waals surface area contributed by atoms with E-state index in [1.54, 1.807) is 9.25 Å². The van der Waals surface area contributed by atoms with E-state index >= 15 is 0 Å². The maximum Gasteiger partial charge on any atom is 0.264 e. The molecule has 0 bridgehead atoms. The molecule has 1 saturated heterocycles. The summed E-state index contributed by atoms with van der Waals surface area (Å²) in [6.07, 6.45) is 3.01. The van der Waals surface area contributed by atoms with Gasteiger partial charge in [0.25, 0.3) is 11.5 Å². The van der Waals surface area contributed by atoms with Crippen molar-refractivity contribution < 1.29 is 17.9 Å². The predicted molar refractivity (Wildman–Crippen MR) is 140 cm³/mol. The summed E-state index contributed by atoms with van der Waals surface area (Å²) in [6, 6.07) is 13.7.